The van der Waals surface area contributed by atoms with Gasteiger partial charge in [-0.2, -0.15) is 10.5 Å². The topological polar surface area (TPSA) is 44.3 Å². The Hall–Kier alpha value is -2.79. The number of allylic oxidation sites excluding steroid dienone is 1. The number of alkyl halides is 4. The summed E-state index contributed by atoms with van der Waals surface area (Å²) in [7, 11) is 0.156. The molecule has 8 bridgehead atoms. The van der Waals surface area contributed by atoms with Gasteiger partial charge in [0.2, 0.25) is 0 Å². The molecule has 6 heterocycles. The van der Waals surface area contributed by atoms with Crippen LogP contribution in [0.15, 0.2) is 36.0 Å². The first-order valence-corrected chi connectivity index (χ1v) is 19.1. The van der Waals surface area contributed by atoms with Crippen molar-refractivity contribution in [1.82, 2.24) is 14.9 Å². The molecule has 11 heteroatoms. The monoisotopic (exact) mass is 689 g/mol. The largest absolute Gasteiger partial charge is 0.363 e. The number of nitrogens with zero attached hydrogens (tertiary/aromatic N) is 4. The van der Waals surface area contributed by atoms with Crippen LogP contribution in [0.4, 0.5) is 33.6 Å². The lowest BCUT2D eigenvalue weighted by atomic mass is 9.85. The fourth-order valence-electron chi connectivity index (χ4n) is 7.82. The molecule has 5 aliphatic rings. The summed E-state index contributed by atoms with van der Waals surface area (Å²) in [6.07, 6.45) is 6.57. The highest BCUT2D eigenvalue weighted by molar-refractivity contribution is 8.14. The summed E-state index contributed by atoms with van der Waals surface area (Å²) in [6.45, 7) is 8.53. The van der Waals surface area contributed by atoms with E-state index < -0.39 is 41.7 Å². The van der Waals surface area contributed by atoms with Crippen molar-refractivity contribution in [3.63, 3.8) is 0 Å². The lowest BCUT2D eigenvalue weighted by Crippen LogP contribution is -2.44. The van der Waals surface area contributed by atoms with Crippen LogP contribution < -0.4 is 10.2 Å². The maximum Gasteiger partial charge on any atom is 0.278 e. The second-order valence-corrected chi connectivity index (χ2v) is 16.2. The molecule has 2 aromatic rings. The van der Waals surface area contributed by atoms with Crippen molar-refractivity contribution in [3.05, 3.63) is 64.4 Å². The molecule has 0 unspecified atom stereocenters. The van der Waals surface area contributed by atoms with E-state index in [2.05, 4.69) is 28.7 Å². The van der Waals surface area contributed by atoms with Crippen molar-refractivity contribution in [2.75, 3.05) is 47.9 Å². The van der Waals surface area contributed by atoms with Gasteiger partial charge in [0.15, 0.2) is 0 Å². The summed E-state index contributed by atoms with van der Waals surface area (Å²) < 4.78 is 78.1. The van der Waals surface area contributed by atoms with Gasteiger partial charge in [0.25, 0.3) is 11.8 Å². The SMILES string of the molecule is C=C1C(C2CCS(=C)CC2)=Cc2c3nc(C)nc2N1CCCCCCC(F)(F)CN1CCC(CC1)C(F)(F)c1cccc(c1F)[C@@H](C)N3. The Morgan fingerprint density at radius 3 is 2.40 bits per heavy atom. The normalized spacial score (nSPS) is 29.6. The third-order valence-corrected chi connectivity index (χ3v) is 12.3. The third-order valence-electron chi connectivity index (χ3n) is 10.6. The first-order chi connectivity index (χ1) is 22.8. The van der Waals surface area contributed by atoms with Crippen LogP contribution >= 0.6 is 10.5 Å². The average Bonchev–Trinajstić information content (AvgIpc) is 3.03. The predicted octanol–water partition coefficient (Wildman–Crippen LogP) is 9.33. The van der Waals surface area contributed by atoms with Crippen LogP contribution in [-0.2, 0) is 5.92 Å². The standard InChI is InChI=1S/C37H48F5N5S/c1-24-29-10-9-11-32(33(29)38)37(41,42)28-12-18-46(19-13-28)23-36(39,40)16-7-5-6-8-17-47-25(2)30(27-14-20-48(4)21-15-27)22-31-34(43-24)44-26(3)45-35(31)47/h9-11,22,24,27-28H,2,4-8,12-21,23H2,1,3H3,(H,43,44,45)/t24-,27?,48?/m1/s1. The molecule has 262 valence electrons. The van der Waals surface area contributed by atoms with Crippen LogP contribution in [0.5, 0.6) is 0 Å². The second kappa shape index (κ2) is 14.2. The molecule has 5 nitrogen and oxygen atoms in total. The van der Waals surface area contributed by atoms with E-state index in [1.165, 1.54) is 12.1 Å². The molecule has 1 aromatic carbocycles. The molecule has 0 spiro atoms. The first-order valence-electron chi connectivity index (χ1n) is 17.4. The van der Waals surface area contributed by atoms with Crippen LogP contribution in [0.25, 0.3) is 6.08 Å². The molecular weight excluding hydrogens is 641 g/mol. The van der Waals surface area contributed by atoms with E-state index in [4.69, 9.17) is 9.97 Å². The number of nitrogens with one attached hydrogen (secondary N) is 1. The number of hydrogen-bond acceptors (Lipinski definition) is 5. The lowest BCUT2D eigenvalue weighted by Gasteiger charge is -2.38. The molecule has 2 saturated heterocycles. The third kappa shape index (κ3) is 7.37. The van der Waals surface area contributed by atoms with Crippen LogP contribution in [0.3, 0.4) is 0 Å². The Morgan fingerprint density at radius 1 is 0.958 bits per heavy atom. The van der Waals surface area contributed by atoms with Gasteiger partial charge >= 0.3 is 0 Å². The number of hydrogen-bond donors (Lipinski definition) is 1. The fraction of sp³-hybridized carbons (Fsp3) is 0.595. The van der Waals surface area contributed by atoms with Gasteiger partial charge in [0.1, 0.15) is 23.3 Å². The van der Waals surface area contributed by atoms with E-state index in [0.29, 0.717) is 42.8 Å². The predicted molar refractivity (Wildman–Crippen MR) is 188 cm³/mol. The lowest BCUT2D eigenvalue weighted by molar-refractivity contribution is -0.0992. The van der Waals surface area contributed by atoms with Crippen molar-refractivity contribution in [1.29, 1.82) is 0 Å². The quantitative estimate of drug-likeness (QED) is 0.239. The smallest absolute Gasteiger partial charge is 0.278 e. The second-order valence-electron chi connectivity index (χ2n) is 14.1. The van der Waals surface area contributed by atoms with Crippen molar-refractivity contribution in [3.8, 4) is 0 Å². The summed E-state index contributed by atoms with van der Waals surface area (Å²) in [6, 6.07) is 3.47. The van der Waals surface area contributed by atoms with Crippen LogP contribution in [0.1, 0.15) is 93.3 Å². The molecule has 48 heavy (non-hydrogen) atoms. The van der Waals surface area contributed by atoms with E-state index in [9.17, 15) is 8.78 Å². The fourth-order valence-corrected chi connectivity index (χ4v) is 9.26. The van der Waals surface area contributed by atoms with E-state index in [1.54, 1.807) is 18.7 Å². The van der Waals surface area contributed by atoms with Crippen LogP contribution in [-0.4, -0.2) is 64.3 Å². The maximum atomic E-state index is 16.1. The zero-order chi connectivity index (χ0) is 34.2. The van der Waals surface area contributed by atoms with Gasteiger partial charge in [-0.25, -0.2) is 31.9 Å². The van der Waals surface area contributed by atoms with Gasteiger partial charge in [0, 0.05) is 30.1 Å². The molecule has 0 radical (unpaired) electrons. The summed E-state index contributed by atoms with van der Waals surface area (Å²) in [5, 5.41) is 3.37. The summed E-state index contributed by atoms with van der Waals surface area (Å²) in [4.78, 5) is 13.3. The summed E-state index contributed by atoms with van der Waals surface area (Å²) in [5.41, 5.74) is 2.25. The molecule has 0 saturated carbocycles. The minimum absolute atomic E-state index is 0.0280. The van der Waals surface area contributed by atoms with Gasteiger partial charge in [-0.1, -0.05) is 43.5 Å². The van der Waals surface area contributed by atoms with Crippen LogP contribution in [0.2, 0.25) is 0 Å². The average molecular weight is 690 g/mol. The van der Waals surface area contributed by atoms with E-state index in [1.807, 2.05) is 0 Å². The highest BCUT2D eigenvalue weighted by atomic mass is 32.2. The van der Waals surface area contributed by atoms with E-state index >= 15 is 13.2 Å². The number of benzene rings is 1. The van der Waals surface area contributed by atoms with Gasteiger partial charge in [0.05, 0.1) is 23.7 Å². The maximum absolute atomic E-state index is 16.1. The Balaban J connectivity index is 1.39. The summed E-state index contributed by atoms with van der Waals surface area (Å²) >= 11 is 0. The van der Waals surface area contributed by atoms with Gasteiger partial charge in [-0.3, -0.25) is 4.90 Å². The number of fused-ring (bicyclic) bond motifs is 10. The minimum Gasteiger partial charge on any atom is -0.363 e. The summed E-state index contributed by atoms with van der Waals surface area (Å²) in [5.74, 6) is -0.000252. The zero-order valence-electron chi connectivity index (χ0n) is 28.1. The Bertz CT molecular complexity index is 1560. The van der Waals surface area contributed by atoms with E-state index in [0.717, 1.165) is 60.1 Å². The van der Waals surface area contributed by atoms with E-state index in [-0.39, 0.29) is 48.4 Å². The molecule has 5 aliphatic heterocycles. The van der Waals surface area contributed by atoms with Gasteiger partial charge in [-0.15, -0.1) is 0 Å². The molecule has 1 aromatic heterocycles. The van der Waals surface area contributed by atoms with Gasteiger partial charge < -0.3 is 10.2 Å². The Labute approximate surface area is 284 Å². The number of aryl methyl sites for hydroxylation is 1. The van der Waals surface area contributed by atoms with Crippen molar-refractivity contribution in [2.24, 2.45) is 11.8 Å². The zero-order valence-corrected chi connectivity index (χ0v) is 29.0. The number of rotatable bonds is 1. The number of anilines is 2. The van der Waals surface area contributed by atoms with Crippen LogP contribution in [0, 0.1) is 24.6 Å². The number of halogens is 5. The molecule has 1 atom stereocenters. The molecule has 2 fully saturated rings. The highest BCUT2D eigenvalue weighted by Crippen LogP contribution is 2.46. The highest BCUT2D eigenvalue weighted by Gasteiger charge is 2.46. The number of aromatic nitrogens is 2. The number of piperidine rings is 1. The Kier molecular flexibility index (Phi) is 10.4. The Morgan fingerprint density at radius 2 is 1.67 bits per heavy atom. The molecule has 0 aliphatic carbocycles. The molecule has 7 rings (SSSR count). The molecule has 0 amide bonds. The molecular formula is C37H48F5N5S. The van der Waals surface area contributed by atoms with Gasteiger partial charge in [-0.05, 0) is 94.5 Å². The van der Waals surface area contributed by atoms with Crippen molar-refractivity contribution in [2.45, 2.75) is 89.5 Å². The van der Waals surface area contributed by atoms with Crippen molar-refractivity contribution < 1.29 is 22.0 Å². The minimum atomic E-state index is -3.44. The van der Waals surface area contributed by atoms with Crippen molar-refractivity contribution >= 4 is 34.1 Å². The first kappa shape index (κ1) is 35.1. The molecule has 1 N–H and O–H groups in total.